The summed E-state index contributed by atoms with van der Waals surface area (Å²) in [7, 11) is -1.52. The Labute approximate surface area is 206 Å². The van der Waals surface area contributed by atoms with Crippen molar-refractivity contribution in [2.75, 3.05) is 44.4 Å². The van der Waals surface area contributed by atoms with Gasteiger partial charge in [-0.3, -0.25) is 19.5 Å². The molecular weight excluding hydrogens is 492 g/mol. The van der Waals surface area contributed by atoms with Crippen LogP contribution in [0.25, 0.3) is 23.0 Å². The van der Waals surface area contributed by atoms with Crippen LogP contribution in [0.15, 0.2) is 47.5 Å². The lowest BCUT2D eigenvalue weighted by molar-refractivity contribution is -0.115. The smallest absolute Gasteiger partial charge is 0.290 e. The number of fused-ring (bicyclic) bond motifs is 1. The van der Waals surface area contributed by atoms with Gasteiger partial charge in [-0.25, -0.2) is 9.50 Å². The Morgan fingerprint density at radius 3 is 2.31 bits per heavy atom. The van der Waals surface area contributed by atoms with Gasteiger partial charge >= 0.3 is 0 Å². The van der Waals surface area contributed by atoms with Crippen LogP contribution >= 0.6 is 11.8 Å². The van der Waals surface area contributed by atoms with Gasteiger partial charge in [-0.2, -0.15) is 13.5 Å². The van der Waals surface area contributed by atoms with Crippen molar-refractivity contribution in [1.82, 2.24) is 24.8 Å². The lowest BCUT2D eigenvalue weighted by Gasteiger charge is -2.34. The number of likely N-dealkylation sites (N-methyl/N-ethyl adjacent to an activating group) is 1. The van der Waals surface area contributed by atoms with Crippen LogP contribution in [0.4, 0.5) is 10.5 Å². The van der Waals surface area contributed by atoms with E-state index in [1.54, 1.807) is 22.9 Å². The second-order valence-corrected chi connectivity index (χ2v) is 10.6. The maximum atomic E-state index is 11.8. The number of benzene rings is 1. The number of nitrogens with one attached hydrogen (secondary N) is 1. The minimum Gasteiger partial charge on any atom is -0.369 e. The van der Waals surface area contributed by atoms with Crippen molar-refractivity contribution in [2.24, 2.45) is 0 Å². The number of imidazole rings is 1. The maximum absolute atomic E-state index is 11.8. The van der Waals surface area contributed by atoms with Crippen molar-refractivity contribution >= 4 is 50.4 Å². The molecule has 0 atom stereocenters. The average molecular weight is 517 g/mol. The first-order chi connectivity index (χ1) is 16.6. The van der Waals surface area contributed by atoms with Gasteiger partial charge in [0, 0.05) is 37.4 Å². The number of thioether (sulfide) groups is 1. The number of carbonyl (C=O) groups is 2. The van der Waals surface area contributed by atoms with Gasteiger partial charge in [0.25, 0.3) is 21.3 Å². The first kappa shape index (κ1) is 24.9. The molecule has 4 heterocycles. The second-order valence-electron chi connectivity index (χ2n) is 8.09. The summed E-state index contributed by atoms with van der Waals surface area (Å²) in [4.78, 5) is 32.7. The van der Waals surface area contributed by atoms with E-state index in [0.717, 1.165) is 54.8 Å². The van der Waals surface area contributed by atoms with Crippen molar-refractivity contribution in [2.45, 2.75) is 0 Å². The molecule has 1 aromatic carbocycles. The predicted molar refractivity (Wildman–Crippen MR) is 135 cm³/mol. The number of hydrogen-bond acceptors (Lipinski definition) is 9. The first-order valence-corrected chi connectivity index (χ1v) is 13.3. The Morgan fingerprint density at radius 2 is 1.71 bits per heavy atom. The van der Waals surface area contributed by atoms with Gasteiger partial charge in [0.15, 0.2) is 5.65 Å². The van der Waals surface area contributed by atoms with Gasteiger partial charge < -0.3 is 9.80 Å². The lowest BCUT2D eigenvalue weighted by Crippen LogP contribution is -2.44. The number of rotatable bonds is 3. The van der Waals surface area contributed by atoms with Crippen LogP contribution < -0.4 is 10.2 Å². The molecule has 3 aromatic rings. The molecule has 0 aliphatic carbocycles. The molecule has 2 aromatic heterocycles. The maximum Gasteiger partial charge on any atom is 0.290 e. The number of carbonyl (C=O) groups excluding carboxylic acids is 2. The van der Waals surface area contributed by atoms with Crippen molar-refractivity contribution in [3.8, 4) is 11.3 Å². The molecule has 5 rings (SSSR count). The molecule has 35 heavy (non-hydrogen) atoms. The molecule has 2 fully saturated rings. The third-order valence-corrected chi connectivity index (χ3v) is 6.15. The summed E-state index contributed by atoms with van der Waals surface area (Å²) in [6, 6.07) is 12.1. The van der Waals surface area contributed by atoms with Crippen LogP contribution in [0, 0.1) is 0 Å². The van der Waals surface area contributed by atoms with Gasteiger partial charge in [0.05, 0.1) is 28.7 Å². The Morgan fingerprint density at radius 1 is 1.06 bits per heavy atom. The average Bonchev–Trinajstić information content (AvgIpc) is 3.35. The van der Waals surface area contributed by atoms with Gasteiger partial charge in [0.1, 0.15) is 0 Å². The molecule has 2 aliphatic rings. The molecule has 2 aliphatic heterocycles. The normalized spacial score (nSPS) is 18.0. The number of aromatic nitrogens is 3. The molecule has 0 spiro atoms. The zero-order chi connectivity index (χ0) is 25.2. The van der Waals surface area contributed by atoms with E-state index in [-0.39, 0.29) is 5.24 Å². The van der Waals surface area contributed by atoms with E-state index in [9.17, 15) is 18.0 Å². The molecular formula is C22H24N6O5S2. The SMILES string of the molecule is CN1CCN(c2ccc(-c3cnc4ccc(/C=C5/SC(=O)NC5=O)nn34)cc2)CC1.CS(=O)(=O)O. The summed E-state index contributed by atoms with van der Waals surface area (Å²) >= 11 is 0.881. The zero-order valence-electron chi connectivity index (χ0n) is 19.1. The highest BCUT2D eigenvalue weighted by atomic mass is 32.2. The Hall–Kier alpha value is -3.26. The molecule has 11 nitrogen and oxygen atoms in total. The van der Waals surface area contributed by atoms with Crippen LogP contribution in [-0.2, 0) is 14.9 Å². The van der Waals surface area contributed by atoms with Crippen molar-refractivity contribution in [1.29, 1.82) is 0 Å². The summed E-state index contributed by atoms with van der Waals surface area (Å²) in [5, 5.41) is 6.50. The van der Waals surface area contributed by atoms with Gasteiger partial charge in [-0.15, -0.1) is 0 Å². The summed E-state index contributed by atoms with van der Waals surface area (Å²) in [6.07, 6.45) is 4.13. The largest absolute Gasteiger partial charge is 0.369 e. The highest BCUT2D eigenvalue weighted by Crippen LogP contribution is 2.27. The van der Waals surface area contributed by atoms with E-state index in [0.29, 0.717) is 16.9 Å². The summed E-state index contributed by atoms with van der Waals surface area (Å²) in [5.74, 6) is -0.391. The van der Waals surface area contributed by atoms with E-state index in [1.165, 1.54) is 5.69 Å². The fraction of sp³-hybridized carbons (Fsp3) is 0.273. The van der Waals surface area contributed by atoms with Crippen LogP contribution in [0.1, 0.15) is 5.69 Å². The lowest BCUT2D eigenvalue weighted by atomic mass is 10.1. The predicted octanol–water partition coefficient (Wildman–Crippen LogP) is 1.98. The summed E-state index contributed by atoms with van der Waals surface area (Å²) in [6.45, 7) is 4.19. The highest BCUT2D eigenvalue weighted by Gasteiger charge is 2.25. The van der Waals surface area contributed by atoms with Gasteiger partial charge in [-0.05, 0) is 49.2 Å². The van der Waals surface area contributed by atoms with Gasteiger partial charge in [-0.1, -0.05) is 12.1 Å². The van der Waals surface area contributed by atoms with Crippen LogP contribution in [0.3, 0.4) is 0 Å². The van der Waals surface area contributed by atoms with Crippen molar-refractivity contribution < 1.29 is 22.6 Å². The van der Waals surface area contributed by atoms with Crippen molar-refractivity contribution in [3.63, 3.8) is 0 Å². The standard InChI is InChI=1S/C21H20N6O2S.CH4O3S/c1-25-8-10-26(11-9-25)16-5-2-14(3-6-16)17-13-22-19-7-4-15(24-27(17)19)12-18-20(28)23-21(29)30-18;1-5(2,3)4/h2-7,12-13H,8-11H2,1H3,(H,23,28,29);1H3,(H,2,3,4)/b18-12+;. The molecule has 2 amide bonds. The number of amides is 2. The first-order valence-electron chi connectivity index (χ1n) is 10.6. The van der Waals surface area contributed by atoms with E-state index in [4.69, 9.17) is 4.55 Å². The topological polar surface area (TPSA) is 137 Å². The number of piperazine rings is 1. The van der Waals surface area contributed by atoms with E-state index in [2.05, 4.69) is 56.5 Å². The minimum atomic E-state index is -3.67. The second kappa shape index (κ2) is 10.2. The molecule has 2 N–H and O–H groups in total. The summed E-state index contributed by atoms with van der Waals surface area (Å²) < 4.78 is 27.6. The molecule has 0 unspecified atom stereocenters. The number of hydrogen-bond donors (Lipinski definition) is 2. The Balaban J connectivity index is 0.000000527. The zero-order valence-corrected chi connectivity index (χ0v) is 20.7. The molecule has 0 radical (unpaired) electrons. The number of anilines is 1. The molecule has 0 saturated carbocycles. The molecule has 13 heteroatoms. The number of nitrogens with zero attached hydrogens (tertiary/aromatic N) is 5. The van der Waals surface area contributed by atoms with E-state index < -0.39 is 16.0 Å². The fourth-order valence-corrected chi connectivity index (χ4v) is 4.29. The van der Waals surface area contributed by atoms with E-state index >= 15 is 0 Å². The number of imide groups is 1. The molecule has 2 saturated heterocycles. The Bertz CT molecular complexity index is 1390. The minimum absolute atomic E-state index is 0.338. The van der Waals surface area contributed by atoms with E-state index in [1.807, 2.05) is 6.07 Å². The quantitative estimate of drug-likeness (QED) is 0.393. The Kier molecular flexibility index (Phi) is 7.21. The van der Waals surface area contributed by atoms with Crippen LogP contribution in [0.2, 0.25) is 0 Å². The third kappa shape index (κ3) is 6.45. The highest BCUT2D eigenvalue weighted by molar-refractivity contribution is 8.18. The third-order valence-electron chi connectivity index (χ3n) is 5.34. The molecule has 184 valence electrons. The van der Waals surface area contributed by atoms with Crippen molar-refractivity contribution in [3.05, 3.63) is 53.2 Å². The summed E-state index contributed by atoms with van der Waals surface area (Å²) in [5.41, 5.74) is 4.40. The van der Waals surface area contributed by atoms with Gasteiger partial charge in [0.2, 0.25) is 0 Å². The fourth-order valence-electron chi connectivity index (χ4n) is 3.62. The monoisotopic (exact) mass is 516 g/mol. The van der Waals surface area contributed by atoms with Crippen LogP contribution in [-0.4, -0.2) is 83.1 Å². The van der Waals surface area contributed by atoms with Crippen LogP contribution in [0.5, 0.6) is 0 Å². The molecule has 0 bridgehead atoms.